The van der Waals surface area contributed by atoms with Gasteiger partial charge in [0, 0.05) is 10.8 Å². The van der Waals surface area contributed by atoms with E-state index in [1.165, 1.54) is 0 Å². The molecule has 10 unspecified atom stereocenters. The summed E-state index contributed by atoms with van der Waals surface area (Å²) >= 11 is 13.4. The van der Waals surface area contributed by atoms with Crippen LogP contribution in [0.4, 0.5) is 0 Å². The standard InChI is InChI=1S/C18H26Cl2P2/c1-16(2,3)15-21-13-10-9-7-8(12(20)11(7)19)14(13)22(15)18(9,10)17(4,5)6/h7-14H,1-6H3. The largest absolute Gasteiger partial charge is 0.121 e. The SMILES string of the molecule is CC(C)(C)C1=PC2C3C4C(Cl)C(Cl)C4C4C2C4(C(C)(C)C)P13. The maximum Gasteiger partial charge on any atom is 0.0540 e. The van der Waals surface area contributed by atoms with Crippen LogP contribution in [0.2, 0.25) is 0 Å². The monoisotopic (exact) mass is 374 g/mol. The molecule has 0 amide bonds. The van der Waals surface area contributed by atoms with E-state index in [1.54, 1.807) is 8.20 Å². The molecule has 0 spiro atoms. The van der Waals surface area contributed by atoms with Crippen LogP contribution in [-0.2, 0) is 0 Å². The van der Waals surface area contributed by atoms with Gasteiger partial charge in [0.05, 0.1) is 10.8 Å². The smallest absolute Gasteiger partial charge is 0.0540 e. The van der Waals surface area contributed by atoms with Crippen molar-refractivity contribution in [1.29, 1.82) is 0 Å². The summed E-state index contributed by atoms with van der Waals surface area (Å²) in [5.41, 5.74) is 2.63. The molecule has 6 rings (SSSR count). The van der Waals surface area contributed by atoms with E-state index in [9.17, 15) is 0 Å². The topological polar surface area (TPSA) is 0 Å². The van der Waals surface area contributed by atoms with Crippen molar-refractivity contribution in [3.63, 3.8) is 0 Å². The summed E-state index contributed by atoms with van der Waals surface area (Å²) in [4.78, 5) is 0. The first-order valence-electron chi connectivity index (χ1n) is 8.70. The third kappa shape index (κ3) is 1.34. The second-order valence-corrected chi connectivity index (χ2v) is 15.4. The molecule has 3 saturated carbocycles. The van der Waals surface area contributed by atoms with E-state index in [-0.39, 0.29) is 18.7 Å². The van der Waals surface area contributed by atoms with Gasteiger partial charge in [0.25, 0.3) is 0 Å². The number of hydrogen-bond donors (Lipinski definition) is 0. The van der Waals surface area contributed by atoms with Crippen LogP contribution in [0.3, 0.4) is 0 Å². The zero-order valence-electron chi connectivity index (χ0n) is 14.3. The summed E-state index contributed by atoms with van der Waals surface area (Å²) in [6.45, 7) is 14.9. The maximum absolute atomic E-state index is 6.72. The van der Waals surface area contributed by atoms with Gasteiger partial charge in [0.15, 0.2) is 0 Å². The van der Waals surface area contributed by atoms with Crippen LogP contribution >= 0.6 is 39.3 Å². The Morgan fingerprint density at radius 1 is 0.955 bits per heavy atom. The van der Waals surface area contributed by atoms with E-state index in [2.05, 4.69) is 41.5 Å². The van der Waals surface area contributed by atoms with Gasteiger partial charge in [-0.25, -0.2) is 0 Å². The lowest BCUT2D eigenvalue weighted by molar-refractivity contribution is 0.109. The van der Waals surface area contributed by atoms with Gasteiger partial charge in [-0.15, -0.1) is 23.2 Å². The molecule has 6 bridgehead atoms. The fourth-order valence-corrected chi connectivity index (χ4v) is 17.1. The Morgan fingerprint density at radius 2 is 1.55 bits per heavy atom. The molecule has 3 heterocycles. The Hall–Kier alpha value is 1.18. The van der Waals surface area contributed by atoms with E-state index in [4.69, 9.17) is 23.2 Å². The fraction of sp³-hybridized carbons (Fsp3) is 0.944. The van der Waals surface area contributed by atoms with E-state index in [0.29, 0.717) is 16.0 Å². The molecule has 0 aromatic rings. The zero-order chi connectivity index (χ0) is 16.0. The molecule has 122 valence electrons. The van der Waals surface area contributed by atoms with Gasteiger partial charge >= 0.3 is 0 Å². The lowest BCUT2D eigenvalue weighted by Gasteiger charge is -2.59. The Balaban J connectivity index is 1.66. The van der Waals surface area contributed by atoms with Crippen LogP contribution in [0, 0.1) is 34.5 Å². The molecule has 22 heavy (non-hydrogen) atoms. The van der Waals surface area contributed by atoms with Crippen LogP contribution in [0.5, 0.6) is 0 Å². The molecule has 5 fully saturated rings. The molecule has 0 aromatic heterocycles. The third-order valence-corrected chi connectivity index (χ3v) is 16.2. The van der Waals surface area contributed by atoms with Crippen molar-refractivity contribution < 1.29 is 0 Å². The molecular formula is C18H26Cl2P2. The Labute approximate surface area is 147 Å². The van der Waals surface area contributed by atoms with Crippen molar-refractivity contribution in [1.82, 2.24) is 0 Å². The van der Waals surface area contributed by atoms with E-state index < -0.39 is 0 Å². The van der Waals surface area contributed by atoms with Gasteiger partial charge < -0.3 is 0 Å². The van der Waals surface area contributed by atoms with Crippen LogP contribution in [0.15, 0.2) is 0 Å². The van der Waals surface area contributed by atoms with E-state index in [1.807, 2.05) is 5.03 Å². The van der Waals surface area contributed by atoms with Crippen molar-refractivity contribution in [3.8, 4) is 0 Å². The van der Waals surface area contributed by atoms with Crippen molar-refractivity contribution in [2.75, 3.05) is 0 Å². The summed E-state index contributed by atoms with van der Waals surface area (Å²) in [6.07, 6.45) is 0. The van der Waals surface area contributed by atoms with Gasteiger partial charge in [-0.05, 0) is 45.2 Å². The van der Waals surface area contributed by atoms with Crippen molar-refractivity contribution >= 4 is 44.4 Å². The first-order chi connectivity index (χ1) is 10.0. The van der Waals surface area contributed by atoms with Crippen molar-refractivity contribution in [2.24, 2.45) is 34.5 Å². The van der Waals surface area contributed by atoms with Gasteiger partial charge in [0.1, 0.15) is 0 Å². The Morgan fingerprint density at radius 3 is 2.09 bits per heavy atom. The predicted octanol–water partition coefficient (Wildman–Crippen LogP) is 5.86. The molecular weight excluding hydrogens is 349 g/mol. The third-order valence-electron chi connectivity index (χ3n) is 7.37. The van der Waals surface area contributed by atoms with Gasteiger partial charge in [0.2, 0.25) is 0 Å². The molecule has 0 N–H and O–H groups in total. The summed E-state index contributed by atoms with van der Waals surface area (Å²) in [5, 5.41) is 3.01. The highest BCUT2D eigenvalue weighted by molar-refractivity contribution is 7.90. The van der Waals surface area contributed by atoms with Crippen LogP contribution in [-0.4, -0.2) is 32.3 Å². The molecule has 3 aliphatic carbocycles. The fourth-order valence-electron chi connectivity index (χ4n) is 6.92. The lowest BCUT2D eigenvalue weighted by Crippen LogP contribution is -2.62. The molecule has 0 nitrogen and oxygen atoms in total. The lowest BCUT2D eigenvalue weighted by atomic mass is 9.63. The summed E-state index contributed by atoms with van der Waals surface area (Å²) in [7, 11) is 1.71. The number of hydrogen-bond acceptors (Lipinski definition) is 0. The summed E-state index contributed by atoms with van der Waals surface area (Å²) in [5.74, 6) is 3.35. The zero-order valence-corrected chi connectivity index (χ0v) is 17.6. The first kappa shape index (κ1) is 15.4. The second-order valence-electron chi connectivity index (χ2n) is 10.2. The highest BCUT2D eigenvalue weighted by Crippen LogP contribution is 2.98. The molecule has 0 radical (unpaired) electrons. The highest BCUT2D eigenvalue weighted by atomic mass is 35.5. The normalized spacial score (nSPS) is 61.5. The summed E-state index contributed by atoms with van der Waals surface area (Å²) in [6, 6.07) is 0. The number of halogens is 2. The molecule has 10 atom stereocenters. The average Bonchev–Trinajstić information content (AvgIpc) is 2.87. The molecule has 3 aliphatic heterocycles. The van der Waals surface area contributed by atoms with Crippen molar-refractivity contribution in [2.45, 2.75) is 68.8 Å². The predicted molar refractivity (Wildman–Crippen MR) is 101 cm³/mol. The molecule has 0 aromatic carbocycles. The van der Waals surface area contributed by atoms with Crippen LogP contribution in [0.25, 0.3) is 0 Å². The van der Waals surface area contributed by atoms with Gasteiger partial charge in [-0.2, -0.15) is 0 Å². The molecule has 6 aliphatic rings. The Kier molecular flexibility index (Phi) is 2.77. The minimum atomic E-state index is 0.00729. The first-order valence-corrected chi connectivity index (χ1v) is 11.9. The molecule has 2 saturated heterocycles. The quantitative estimate of drug-likeness (QED) is 0.368. The highest BCUT2D eigenvalue weighted by Gasteiger charge is 2.91. The minimum absolute atomic E-state index is 0.00729. The number of rotatable bonds is 0. The Bertz CT molecular complexity index is 601. The van der Waals surface area contributed by atoms with Crippen LogP contribution in [0.1, 0.15) is 41.5 Å². The second kappa shape index (κ2) is 3.95. The summed E-state index contributed by atoms with van der Waals surface area (Å²) < 4.78 is 0. The number of alkyl halides is 2. The maximum atomic E-state index is 6.72. The van der Waals surface area contributed by atoms with E-state index >= 15 is 0 Å². The molecule has 4 heteroatoms. The average molecular weight is 375 g/mol. The van der Waals surface area contributed by atoms with Gasteiger partial charge in [-0.3, -0.25) is 0 Å². The van der Waals surface area contributed by atoms with E-state index in [0.717, 1.165) is 35.0 Å². The van der Waals surface area contributed by atoms with Crippen molar-refractivity contribution in [3.05, 3.63) is 0 Å². The van der Waals surface area contributed by atoms with Crippen LogP contribution < -0.4 is 0 Å². The van der Waals surface area contributed by atoms with Gasteiger partial charge in [-0.1, -0.05) is 57.7 Å². The minimum Gasteiger partial charge on any atom is -0.121 e.